The van der Waals surface area contributed by atoms with Gasteiger partial charge in [-0.05, 0) is 20.3 Å². The lowest BCUT2D eigenvalue weighted by atomic mass is 9.82. The van der Waals surface area contributed by atoms with E-state index in [4.69, 9.17) is 14.2 Å². The normalized spacial score (nSPS) is 42.0. The first-order valence-electron chi connectivity index (χ1n) is 6.59. The van der Waals surface area contributed by atoms with E-state index in [0.29, 0.717) is 0 Å². The van der Waals surface area contributed by atoms with Crippen LogP contribution in [0, 0.1) is 0 Å². The standard InChI is InChI=1S/C14H22O6/c1-5-7-9(16)14(8(15)6-2)11(17)10-12(20-14)19-13(3,4)18-10/h5-6,8-12,15-17H,1-2,7H2,3-4H3/t8-,9-,10-,11+,12+,14+/m1/s1. The molecule has 2 rings (SSSR count). The maximum atomic E-state index is 10.5. The van der Waals surface area contributed by atoms with Crippen LogP contribution in [0.1, 0.15) is 20.3 Å². The summed E-state index contributed by atoms with van der Waals surface area (Å²) in [5.41, 5.74) is -1.64. The van der Waals surface area contributed by atoms with Gasteiger partial charge in [0.05, 0.1) is 6.10 Å². The van der Waals surface area contributed by atoms with Crippen LogP contribution in [0.25, 0.3) is 0 Å². The molecule has 0 amide bonds. The van der Waals surface area contributed by atoms with Gasteiger partial charge >= 0.3 is 0 Å². The van der Waals surface area contributed by atoms with Crippen molar-refractivity contribution in [3.8, 4) is 0 Å². The third-order valence-corrected chi connectivity index (χ3v) is 3.78. The Hall–Kier alpha value is -0.760. The summed E-state index contributed by atoms with van der Waals surface area (Å²) < 4.78 is 16.8. The highest BCUT2D eigenvalue weighted by molar-refractivity contribution is 5.14. The molecule has 2 saturated heterocycles. The Morgan fingerprint density at radius 2 is 1.85 bits per heavy atom. The van der Waals surface area contributed by atoms with Crippen LogP contribution in [0.15, 0.2) is 25.3 Å². The van der Waals surface area contributed by atoms with Gasteiger partial charge in [0.25, 0.3) is 0 Å². The second kappa shape index (κ2) is 5.22. The van der Waals surface area contributed by atoms with Crippen LogP contribution in [0.5, 0.6) is 0 Å². The van der Waals surface area contributed by atoms with Crippen LogP contribution in [-0.2, 0) is 14.2 Å². The minimum absolute atomic E-state index is 0.144. The second-order valence-corrected chi connectivity index (χ2v) is 5.61. The number of ether oxygens (including phenoxy) is 3. The van der Waals surface area contributed by atoms with E-state index in [-0.39, 0.29) is 6.42 Å². The third-order valence-electron chi connectivity index (χ3n) is 3.78. The molecule has 2 aliphatic rings. The van der Waals surface area contributed by atoms with E-state index >= 15 is 0 Å². The van der Waals surface area contributed by atoms with E-state index in [0.717, 1.165) is 0 Å². The fraction of sp³-hybridized carbons (Fsp3) is 0.714. The zero-order valence-electron chi connectivity index (χ0n) is 11.7. The van der Waals surface area contributed by atoms with Gasteiger partial charge in [-0.2, -0.15) is 0 Å². The molecule has 2 fully saturated rings. The van der Waals surface area contributed by atoms with E-state index in [9.17, 15) is 15.3 Å². The summed E-state index contributed by atoms with van der Waals surface area (Å²) in [6.45, 7) is 10.4. The Bertz CT molecular complexity index is 395. The van der Waals surface area contributed by atoms with Crippen molar-refractivity contribution in [3.63, 3.8) is 0 Å². The van der Waals surface area contributed by atoms with Crippen LogP contribution in [-0.4, -0.2) is 57.4 Å². The maximum Gasteiger partial charge on any atom is 0.190 e. The molecule has 0 aliphatic carbocycles. The van der Waals surface area contributed by atoms with Gasteiger partial charge in [-0.25, -0.2) is 0 Å². The van der Waals surface area contributed by atoms with Gasteiger partial charge in [0.15, 0.2) is 17.7 Å². The Kier molecular flexibility index (Phi) is 4.07. The molecule has 20 heavy (non-hydrogen) atoms. The van der Waals surface area contributed by atoms with Crippen LogP contribution < -0.4 is 0 Å². The maximum absolute atomic E-state index is 10.5. The number of hydrogen-bond donors (Lipinski definition) is 3. The van der Waals surface area contributed by atoms with Gasteiger partial charge < -0.3 is 29.5 Å². The molecule has 0 bridgehead atoms. The van der Waals surface area contributed by atoms with E-state index < -0.39 is 42.1 Å². The average Bonchev–Trinajstić information content (AvgIpc) is 2.81. The predicted octanol–water partition coefficient (Wildman–Crippen LogP) is 0.0778. The molecule has 2 aliphatic heterocycles. The zero-order chi connectivity index (χ0) is 15.1. The Labute approximate surface area is 118 Å². The van der Waals surface area contributed by atoms with Crippen LogP contribution in [0.4, 0.5) is 0 Å². The highest BCUT2D eigenvalue weighted by atomic mass is 16.8. The first kappa shape index (κ1) is 15.6. The molecule has 6 nitrogen and oxygen atoms in total. The number of fused-ring (bicyclic) bond motifs is 1. The topological polar surface area (TPSA) is 88.4 Å². The summed E-state index contributed by atoms with van der Waals surface area (Å²) >= 11 is 0. The van der Waals surface area contributed by atoms with E-state index in [1.165, 1.54) is 12.2 Å². The van der Waals surface area contributed by atoms with Crippen LogP contribution in [0.3, 0.4) is 0 Å². The number of hydrogen-bond acceptors (Lipinski definition) is 6. The summed E-state index contributed by atoms with van der Waals surface area (Å²) in [7, 11) is 0. The smallest absolute Gasteiger partial charge is 0.190 e. The van der Waals surface area contributed by atoms with Crippen LogP contribution in [0.2, 0.25) is 0 Å². The fourth-order valence-electron chi connectivity index (χ4n) is 2.83. The summed E-state index contributed by atoms with van der Waals surface area (Å²) in [5, 5.41) is 30.9. The predicted molar refractivity (Wildman–Crippen MR) is 70.7 cm³/mol. The Morgan fingerprint density at radius 1 is 1.20 bits per heavy atom. The minimum atomic E-state index is -1.64. The summed E-state index contributed by atoms with van der Waals surface area (Å²) in [5.74, 6) is -0.884. The number of aliphatic hydroxyl groups excluding tert-OH is 3. The zero-order valence-corrected chi connectivity index (χ0v) is 11.7. The van der Waals surface area contributed by atoms with Crippen molar-refractivity contribution >= 4 is 0 Å². The van der Waals surface area contributed by atoms with Crippen molar-refractivity contribution in [2.75, 3.05) is 0 Å². The van der Waals surface area contributed by atoms with Gasteiger partial charge in [0.1, 0.15) is 18.3 Å². The Balaban J connectivity index is 2.32. The highest BCUT2D eigenvalue weighted by Gasteiger charge is 2.66. The lowest BCUT2D eigenvalue weighted by Crippen LogP contribution is -2.60. The molecule has 114 valence electrons. The second-order valence-electron chi connectivity index (χ2n) is 5.61. The molecule has 0 radical (unpaired) electrons. The molecule has 0 aromatic carbocycles. The molecule has 0 aromatic heterocycles. The average molecular weight is 286 g/mol. The lowest BCUT2D eigenvalue weighted by Gasteiger charge is -2.40. The quantitative estimate of drug-likeness (QED) is 0.620. The number of rotatable bonds is 5. The molecule has 2 heterocycles. The molecule has 6 atom stereocenters. The summed E-state index contributed by atoms with van der Waals surface area (Å²) in [6.07, 6.45) is -2.48. The van der Waals surface area contributed by atoms with Crippen molar-refractivity contribution < 1.29 is 29.5 Å². The van der Waals surface area contributed by atoms with E-state index in [2.05, 4.69) is 13.2 Å². The highest BCUT2D eigenvalue weighted by Crippen LogP contribution is 2.46. The Morgan fingerprint density at radius 3 is 2.35 bits per heavy atom. The SMILES string of the molecule is C=CC[C@@H](O)[C@]1([C@H](O)C=C)O[C@@H]2OC(C)(C)O[C@@H]2[C@@H]1O. The van der Waals surface area contributed by atoms with E-state index in [1.54, 1.807) is 13.8 Å². The first-order chi connectivity index (χ1) is 9.28. The molecule has 0 aromatic rings. The summed E-state index contributed by atoms with van der Waals surface area (Å²) in [4.78, 5) is 0. The third kappa shape index (κ3) is 2.22. The number of aliphatic hydroxyl groups is 3. The summed E-state index contributed by atoms with van der Waals surface area (Å²) in [6, 6.07) is 0. The van der Waals surface area contributed by atoms with E-state index in [1.807, 2.05) is 0 Å². The monoisotopic (exact) mass is 286 g/mol. The van der Waals surface area contributed by atoms with Crippen molar-refractivity contribution in [2.45, 2.75) is 62.4 Å². The van der Waals surface area contributed by atoms with Gasteiger partial charge in [0, 0.05) is 0 Å². The molecule has 0 unspecified atom stereocenters. The minimum Gasteiger partial charge on any atom is -0.390 e. The van der Waals surface area contributed by atoms with Gasteiger partial charge in [-0.1, -0.05) is 12.2 Å². The van der Waals surface area contributed by atoms with Gasteiger partial charge in [-0.3, -0.25) is 0 Å². The van der Waals surface area contributed by atoms with Crippen LogP contribution >= 0.6 is 0 Å². The molecular formula is C14H22O6. The van der Waals surface area contributed by atoms with Crippen molar-refractivity contribution in [1.82, 2.24) is 0 Å². The van der Waals surface area contributed by atoms with Gasteiger partial charge in [0.2, 0.25) is 0 Å². The molecule has 0 saturated carbocycles. The van der Waals surface area contributed by atoms with Crippen molar-refractivity contribution in [1.29, 1.82) is 0 Å². The van der Waals surface area contributed by atoms with Gasteiger partial charge in [-0.15, -0.1) is 13.2 Å². The molecular weight excluding hydrogens is 264 g/mol. The molecule has 0 spiro atoms. The fourth-order valence-corrected chi connectivity index (χ4v) is 2.83. The molecule has 6 heteroatoms. The van der Waals surface area contributed by atoms with Crippen molar-refractivity contribution in [2.24, 2.45) is 0 Å². The molecule has 3 N–H and O–H groups in total. The first-order valence-corrected chi connectivity index (χ1v) is 6.59. The lowest BCUT2D eigenvalue weighted by molar-refractivity contribution is -0.274. The largest absolute Gasteiger partial charge is 0.390 e. The van der Waals surface area contributed by atoms with Crippen molar-refractivity contribution in [3.05, 3.63) is 25.3 Å².